The van der Waals surface area contributed by atoms with Gasteiger partial charge in [-0.05, 0) is 70.0 Å². The second kappa shape index (κ2) is 9.96. The van der Waals surface area contributed by atoms with Crippen molar-refractivity contribution in [3.63, 3.8) is 0 Å². The fourth-order valence-electron chi connectivity index (χ4n) is 4.82. The van der Waals surface area contributed by atoms with Crippen LogP contribution >= 0.6 is 11.6 Å². The molecule has 1 aliphatic carbocycles. The summed E-state index contributed by atoms with van der Waals surface area (Å²) in [5.41, 5.74) is 1.87. The number of halogens is 2. The lowest BCUT2D eigenvalue weighted by atomic mass is 9.68. The zero-order chi connectivity index (χ0) is 20.7. The van der Waals surface area contributed by atoms with Crippen LogP contribution in [0.15, 0.2) is 41.2 Å². The number of hydrogen-bond donors (Lipinski definition) is 1. The molecule has 1 aromatic rings. The molecule has 1 aliphatic heterocycles. The van der Waals surface area contributed by atoms with Gasteiger partial charge in [0.05, 0.1) is 10.6 Å². The molecule has 1 spiro atoms. The summed E-state index contributed by atoms with van der Waals surface area (Å²) in [5.74, 6) is -0.630. The Labute approximate surface area is 178 Å². The molecule has 6 heteroatoms. The van der Waals surface area contributed by atoms with Crippen LogP contribution in [-0.4, -0.2) is 30.5 Å². The molecule has 2 fully saturated rings. The molecule has 4 nitrogen and oxygen atoms in total. The number of nitrogens with one attached hydrogen (secondary N) is 1. The summed E-state index contributed by atoms with van der Waals surface area (Å²) >= 11 is 5.84. The Kier molecular flexibility index (Phi) is 7.60. The number of nitrogens with zero attached hydrogens (tertiary/aromatic N) is 2. The quantitative estimate of drug-likeness (QED) is 0.257. The largest absolute Gasteiger partial charge is 0.375 e. The molecule has 1 atom stereocenters. The van der Waals surface area contributed by atoms with Crippen molar-refractivity contribution in [2.45, 2.75) is 64.0 Å². The van der Waals surface area contributed by atoms with Crippen molar-refractivity contribution in [1.29, 1.82) is 0 Å². The van der Waals surface area contributed by atoms with Gasteiger partial charge in [0, 0.05) is 30.5 Å². The molecule has 1 N–H and O–H groups in total. The fraction of sp³-hybridized carbons (Fsp3) is 0.565. The van der Waals surface area contributed by atoms with Crippen molar-refractivity contribution < 1.29 is 9.13 Å². The van der Waals surface area contributed by atoms with Gasteiger partial charge in [0.25, 0.3) is 0 Å². The number of allylic oxidation sites excluding steroid dienone is 4. The third-order valence-electron chi connectivity index (χ3n) is 6.29. The molecular formula is C23H31ClFN3O. The number of aliphatic imine (C=N–C) groups is 1. The molecule has 29 heavy (non-hydrogen) atoms. The van der Waals surface area contributed by atoms with Crippen LogP contribution in [0.3, 0.4) is 0 Å². The average molecular weight is 420 g/mol. The van der Waals surface area contributed by atoms with E-state index in [4.69, 9.17) is 16.3 Å². The molecule has 1 unspecified atom stereocenters. The Morgan fingerprint density at radius 1 is 1.41 bits per heavy atom. The van der Waals surface area contributed by atoms with E-state index < -0.39 is 5.95 Å². The predicted octanol–water partition coefficient (Wildman–Crippen LogP) is 5.62. The van der Waals surface area contributed by atoms with E-state index in [1.165, 1.54) is 19.0 Å². The lowest BCUT2D eigenvalue weighted by Gasteiger charge is -2.47. The highest BCUT2D eigenvalue weighted by molar-refractivity contribution is 6.30. The van der Waals surface area contributed by atoms with E-state index >= 15 is 0 Å². The van der Waals surface area contributed by atoms with E-state index in [0.717, 1.165) is 56.5 Å². The van der Waals surface area contributed by atoms with Crippen molar-refractivity contribution in [1.82, 2.24) is 10.3 Å². The molecule has 2 aliphatic rings. The standard InChI is InChI=1S/C23H31ClFN3O/c1-3-4-7-20(26-2)22(11-13-29-23(17-22)8-5-6-9-23)10-12-27-15-18-14-19(24)21(25)28-16-18/h3-4,7,14,16,27H,2,5-6,8-13,15,17H2,1H3. The zero-order valence-electron chi connectivity index (χ0n) is 17.2. The van der Waals surface area contributed by atoms with Gasteiger partial charge in [-0.15, -0.1) is 0 Å². The first-order valence-electron chi connectivity index (χ1n) is 10.5. The van der Waals surface area contributed by atoms with Gasteiger partial charge in [-0.1, -0.05) is 36.6 Å². The number of ether oxygens (including phenoxy) is 1. The molecule has 0 amide bonds. The minimum Gasteiger partial charge on any atom is -0.375 e. The summed E-state index contributed by atoms with van der Waals surface area (Å²) < 4.78 is 19.5. The SMILES string of the molecule is C=NC(=CC=CC)C1(CCNCc2cnc(F)c(Cl)c2)CCOC2(CCCC2)C1. The van der Waals surface area contributed by atoms with E-state index in [1.54, 1.807) is 6.07 Å². The van der Waals surface area contributed by atoms with E-state index in [9.17, 15) is 4.39 Å². The molecule has 0 radical (unpaired) electrons. The van der Waals surface area contributed by atoms with Crippen LogP contribution in [0.4, 0.5) is 4.39 Å². The van der Waals surface area contributed by atoms with E-state index in [0.29, 0.717) is 6.54 Å². The highest BCUT2D eigenvalue weighted by Crippen LogP contribution is 2.52. The first-order chi connectivity index (χ1) is 14.0. The third kappa shape index (κ3) is 5.33. The van der Waals surface area contributed by atoms with Crippen molar-refractivity contribution in [3.05, 3.63) is 52.7 Å². The second-order valence-electron chi connectivity index (χ2n) is 8.22. The summed E-state index contributed by atoms with van der Waals surface area (Å²) in [6.45, 7) is 8.06. The van der Waals surface area contributed by atoms with Gasteiger partial charge in [-0.25, -0.2) is 4.98 Å². The van der Waals surface area contributed by atoms with Gasteiger partial charge < -0.3 is 10.1 Å². The average Bonchev–Trinajstić information content (AvgIpc) is 3.16. The van der Waals surface area contributed by atoms with Gasteiger partial charge in [-0.2, -0.15) is 4.39 Å². The van der Waals surface area contributed by atoms with Gasteiger partial charge in [0.2, 0.25) is 5.95 Å². The first-order valence-corrected chi connectivity index (χ1v) is 10.9. The van der Waals surface area contributed by atoms with Crippen LogP contribution in [0.25, 0.3) is 0 Å². The van der Waals surface area contributed by atoms with Crippen LogP contribution in [0.2, 0.25) is 5.02 Å². The lowest BCUT2D eigenvalue weighted by molar-refractivity contribution is -0.115. The van der Waals surface area contributed by atoms with Gasteiger partial charge >= 0.3 is 0 Å². The maximum absolute atomic E-state index is 13.3. The monoisotopic (exact) mass is 419 g/mol. The van der Waals surface area contributed by atoms with Crippen molar-refractivity contribution in [3.8, 4) is 0 Å². The molecule has 3 rings (SSSR count). The van der Waals surface area contributed by atoms with Crippen molar-refractivity contribution >= 4 is 18.3 Å². The number of hydrogen-bond acceptors (Lipinski definition) is 4. The summed E-state index contributed by atoms with van der Waals surface area (Å²) in [4.78, 5) is 8.13. The lowest BCUT2D eigenvalue weighted by Crippen LogP contribution is -2.45. The second-order valence-corrected chi connectivity index (χ2v) is 8.63. The van der Waals surface area contributed by atoms with Crippen molar-refractivity contribution in [2.24, 2.45) is 10.4 Å². The highest BCUT2D eigenvalue weighted by Gasteiger charge is 2.48. The van der Waals surface area contributed by atoms with Crippen LogP contribution in [0.1, 0.15) is 57.4 Å². The molecular weight excluding hydrogens is 389 g/mol. The molecule has 2 heterocycles. The summed E-state index contributed by atoms with van der Waals surface area (Å²) in [5, 5.41) is 3.52. The number of rotatable bonds is 8. The summed E-state index contributed by atoms with van der Waals surface area (Å²) in [6, 6.07) is 1.62. The number of aromatic nitrogens is 1. The Hall–Kier alpha value is -1.56. The minimum absolute atomic E-state index is 0.00758. The molecule has 1 saturated carbocycles. The van der Waals surface area contributed by atoms with E-state index in [1.807, 2.05) is 19.1 Å². The van der Waals surface area contributed by atoms with E-state index in [2.05, 4.69) is 28.1 Å². The topological polar surface area (TPSA) is 46.5 Å². The third-order valence-corrected chi connectivity index (χ3v) is 6.55. The maximum atomic E-state index is 13.3. The van der Waals surface area contributed by atoms with Gasteiger partial charge in [-0.3, -0.25) is 4.99 Å². The normalized spacial score (nSPS) is 24.4. The zero-order valence-corrected chi connectivity index (χ0v) is 18.0. The Morgan fingerprint density at radius 3 is 2.90 bits per heavy atom. The van der Waals surface area contributed by atoms with Gasteiger partial charge in [0.15, 0.2) is 0 Å². The van der Waals surface area contributed by atoms with Crippen molar-refractivity contribution in [2.75, 3.05) is 13.2 Å². The minimum atomic E-state index is -0.630. The Balaban J connectivity index is 1.71. The summed E-state index contributed by atoms with van der Waals surface area (Å²) in [7, 11) is 0. The summed E-state index contributed by atoms with van der Waals surface area (Å²) in [6.07, 6.45) is 15.3. The first kappa shape index (κ1) is 22.1. The van der Waals surface area contributed by atoms with Gasteiger partial charge in [0.1, 0.15) is 0 Å². The predicted molar refractivity (Wildman–Crippen MR) is 117 cm³/mol. The Bertz CT molecular complexity index is 773. The highest BCUT2D eigenvalue weighted by atomic mass is 35.5. The molecule has 1 aromatic heterocycles. The molecule has 158 valence electrons. The van der Waals surface area contributed by atoms with Crippen LogP contribution in [0, 0.1) is 11.4 Å². The van der Waals surface area contributed by atoms with Crippen LogP contribution in [0.5, 0.6) is 0 Å². The smallest absolute Gasteiger partial charge is 0.231 e. The number of pyridine rings is 1. The van der Waals surface area contributed by atoms with E-state index in [-0.39, 0.29) is 16.0 Å². The molecule has 0 aromatic carbocycles. The molecule has 0 bridgehead atoms. The fourth-order valence-corrected chi connectivity index (χ4v) is 5.01. The van der Waals surface area contributed by atoms with Crippen LogP contribution < -0.4 is 5.32 Å². The van der Waals surface area contributed by atoms with Crippen LogP contribution in [-0.2, 0) is 11.3 Å². The Morgan fingerprint density at radius 2 is 2.21 bits per heavy atom. The molecule has 1 saturated heterocycles. The maximum Gasteiger partial charge on any atom is 0.231 e.